The number of fused-ring (bicyclic) bond motifs is 3. The summed E-state index contributed by atoms with van der Waals surface area (Å²) in [5, 5.41) is 0. The summed E-state index contributed by atoms with van der Waals surface area (Å²) in [5.74, 6) is -1.01. The SMILES string of the molecule is COCCCc1ccc(C23OCC(CC(C)(C)C)(CO2)CO3)cc1. The first kappa shape index (κ1) is 17.9. The molecule has 0 saturated carbocycles. The molecule has 4 nitrogen and oxygen atoms in total. The van der Waals surface area contributed by atoms with Crippen LogP contribution in [0.1, 0.15) is 44.7 Å². The summed E-state index contributed by atoms with van der Waals surface area (Å²) in [6, 6.07) is 8.37. The summed E-state index contributed by atoms with van der Waals surface area (Å²) in [4.78, 5) is 0. The number of ether oxygens (including phenoxy) is 4. The van der Waals surface area contributed by atoms with E-state index in [2.05, 4.69) is 45.0 Å². The summed E-state index contributed by atoms with van der Waals surface area (Å²) < 4.78 is 23.3. The van der Waals surface area contributed by atoms with Gasteiger partial charge in [-0.25, -0.2) is 0 Å². The molecule has 3 aliphatic heterocycles. The molecule has 0 spiro atoms. The third-order valence-corrected chi connectivity index (χ3v) is 4.73. The second-order valence-corrected chi connectivity index (χ2v) is 8.45. The molecule has 3 fully saturated rings. The number of rotatable bonds is 6. The Kier molecular flexibility index (Phi) is 5.03. The van der Waals surface area contributed by atoms with Gasteiger partial charge >= 0.3 is 5.97 Å². The highest BCUT2D eigenvalue weighted by Gasteiger charge is 2.54. The lowest BCUT2D eigenvalue weighted by atomic mass is 9.74. The highest BCUT2D eigenvalue weighted by molar-refractivity contribution is 5.26. The van der Waals surface area contributed by atoms with Gasteiger partial charge in [-0.15, -0.1) is 0 Å². The smallest absolute Gasteiger partial charge is 0.312 e. The molecule has 3 saturated heterocycles. The molecular weight excluding hydrogens is 304 g/mol. The van der Waals surface area contributed by atoms with E-state index >= 15 is 0 Å². The maximum Gasteiger partial charge on any atom is 0.312 e. The lowest BCUT2D eigenvalue weighted by Crippen LogP contribution is -2.59. The van der Waals surface area contributed by atoms with Crippen molar-refractivity contribution < 1.29 is 18.9 Å². The largest absolute Gasteiger partial charge is 0.385 e. The first-order valence-corrected chi connectivity index (χ1v) is 8.87. The fourth-order valence-corrected chi connectivity index (χ4v) is 3.82. The van der Waals surface area contributed by atoms with Gasteiger partial charge in [-0.05, 0) is 30.2 Å². The van der Waals surface area contributed by atoms with Crippen molar-refractivity contribution in [3.63, 3.8) is 0 Å². The maximum absolute atomic E-state index is 6.07. The zero-order chi connectivity index (χ0) is 17.3. The van der Waals surface area contributed by atoms with Crippen molar-refractivity contribution in [2.45, 2.75) is 46.0 Å². The standard InChI is InChI=1S/C20H30O4/c1-18(2,3)12-19-13-22-20(23-14-19,24-15-19)17-9-7-16(8-10-17)6-5-11-21-4/h7-10H,5-6,11-15H2,1-4H3. The van der Waals surface area contributed by atoms with Crippen molar-refractivity contribution in [1.29, 1.82) is 0 Å². The molecule has 0 aliphatic carbocycles. The monoisotopic (exact) mass is 334 g/mol. The van der Waals surface area contributed by atoms with Crippen LogP contribution in [0.15, 0.2) is 24.3 Å². The number of hydrogen-bond donors (Lipinski definition) is 0. The second kappa shape index (κ2) is 6.75. The first-order chi connectivity index (χ1) is 11.4. The van der Waals surface area contributed by atoms with Crippen LogP contribution < -0.4 is 0 Å². The molecule has 2 bridgehead atoms. The number of hydrogen-bond acceptors (Lipinski definition) is 4. The number of methoxy groups -OCH3 is 1. The van der Waals surface area contributed by atoms with Gasteiger partial charge in [0.1, 0.15) is 0 Å². The van der Waals surface area contributed by atoms with Crippen LogP contribution in [0, 0.1) is 10.8 Å². The quantitative estimate of drug-likeness (QED) is 0.740. The van der Waals surface area contributed by atoms with E-state index in [0.29, 0.717) is 19.8 Å². The summed E-state index contributed by atoms with van der Waals surface area (Å²) in [7, 11) is 1.74. The van der Waals surface area contributed by atoms with Crippen LogP contribution in [0.25, 0.3) is 0 Å². The van der Waals surface area contributed by atoms with Crippen LogP contribution in [0.2, 0.25) is 0 Å². The third kappa shape index (κ3) is 3.83. The van der Waals surface area contributed by atoms with Crippen LogP contribution in [-0.2, 0) is 31.3 Å². The Labute approximate surface area is 145 Å². The van der Waals surface area contributed by atoms with E-state index in [0.717, 1.165) is 31.4 Å². The minimum atomic E-state index is -1.01. The molecule has 24 heavy (non-hydrogen) atoms. The van der Waals surface area contributed by atoms with Crippen LogP contribution >= 0.6 is 0 Å². The van der Waals surface area contributed by atoms with Crippen LogP contribution in [0.3, 0.4) is 0 Å². The maximum atomic E-state index is 6.07. The summed E-state index contributed by atoms with van der Waals surface area (Å²) >= 11 is 0. The predicted molar refractivity (Wildman–Crippen MR) is 92.7 cm³/mol. The van der Waals surface area contributed by atoms with Gasteiger partial charge in [0.2, 0.25) is 0 Å². The topological polar surface area (TPSA) is 36.9 Å². The van der Waals surface area contributed by atoms with E-state index in [9.17, 15) is 0 Å². The van der Waals surface area contributed by atoms with E-state index in [4.69, 9.17) is 18.9 Å². The first-order valence-electron chi connectivity index (χ1n) is 8.87. The normalized spacial score (nSPS) is 29.8. The molecule has 3 aliphatic rings. The average molecular weight is 334 g/mol. The van der Waals surface area contributed by atoms with Gasteiger partial charge < -0.3 is 18.9 Å². The van der Waals surface area contributed by atoms with Crippen molar-refractivity contribution in [2.75, 3.05) is 33.5 Å². The van der Waals surface area contributed by atoms with E-state index in [1.54, 1.807) is 7.11 Å². The molecular formula is C20H30O4. The Morgan fingerprint density at radius 2 is 1.58 bits per heavy atom. The van der Waals surface area contributed by atoms with Gasteiger partial charge in [-0.2, -0.15) is 0 Å². The molecule has 0 amide bonds. The van der Waals surface area contributed by atoms with Crippen LogP contribution in [-0.4, -0.2) is 33.5 Å². The Bertz CT molecular complexity index is 519. The highest BCUT2D eigenvalue weighted by atomic mass is 16.9. The fourth-order valence-electron chi connectivity index (χ4n) is 3.82. The predicted octanol–water partition coefficient (Wildman–Crippen LogP) is 3.88. The van der Waals surface area contributed by atoms with E-state index in [1.807, 2.05) is 0 Å². The summed E-state index contributed by atoms with van der Waals surface area (Å²) in [6.45, 7) is 9.62. The molecule has 134 valence electrons. The van der Waals surface area contributed by atoms with Crippen LogP contribution in [0.5, 0.6) is 0 Å². The summed E-state index contributed by atoms with van der Waals surface area (Å²) in [5.41, 5.74) is 2.46. The molecule has 0 unspecified atom stereocenters. The summed E-state index contributed by atoms with van der Waals surface area (Å²) in [6.07, 6.45) is 3.08. The van der Waals surface area contributed by atoms with Crippen molar-refractivity contribution in [3.8, 4) is 0 Å². The third-order valence-electron chi connectivity index (χ3n) is 4.73. The molecule has 0 aromatic heterocycles. The lowest BCUT2D eigenvalue weighted by molar-refractivity contribution is -0.482. The van der Waals surface area contributed by atoms with E-state index in [-0.39, 0.29) is 10.8 Å². The fraction of sp³-hybridized carbons (Fsp3) is 0.700. The molecule has 3 heterocycles. The van der Waals surface area contributed by atoms with Gasteiger partial charge in [-0.3, -0.25) is 0 Å². The van der Waals surface area contributed by atoms with Crippen molar-refractivity contribution in [3.05, 3.63) is 35.4 Å². The van der Waals surface area contributed by atoms with Gasteiger partial charge in [0.15, 0.2) is 0 Å². The molecule has 4 heteroatoms. The minimum Gasteiger partial charge on any atom is -0.385 e. The molecule has 0 atom stereocenters. The second-order valence-electron chi connectivity index (χ2n) is 8.45. The number of benzene rings is 1. The van der Waals surface area contributed by atoms with Crippen molar-refractivity contribution in [2.24, 2.45) is 10.8 Å². The Balaban J connectivity index is 1.65. The molecule has 1 aromatic rings. The Morgan fingerprint density at radius 3 is 2.08 bits per heavy atom. The number of aryl methyl sites for hydroxylation is 1. The van der Waals surface area contributed by atoms with Crippen LogP contribution in [0.4, 0.5) is 0 Å². The Morgan fingerprint density at radius 1 is 1.00 bits per heavy atom. The highest BCUT2D eigenvalue weighted by Crippen LogP contribution is 2.48. The molecule has 4 rings (SSSR count). The van der Waals surface area contributed by atoms with Crippen molar-refractivity contribution >= 4 is 0 Å². The minimum absolute atomic E-state index is 0.0138. The van der Waals surface area contributed by atoms with Gasteiger partial charge in [0, 0.05) is 24.7 Å². The van der Waals surface area contributed by atoms with Gasteiger partial charge in [0.05, 0.1) is 19.8 Å². The Hall–Kier alpha value is -0.940. The van der Waals surface area contributed by atoms with E-state index < -0.39 is 5.97 Å². The lowest BCUT2D eigenvalue weighted by Gasteiger charge is -2.53. The van der Waals surface area contributed by atoms with Crippen molar-refractivity contribution in [1.82, 2.24) is 0 Å². The molecule has 0 N–H and O–H groups in total. The van der Waals surface area contributed by atoms with Gasteiger partial charge in [0.25, 0.3) is 0 Å². The average Bonchev–Trinajstić information content (AvgIpc) is 2.55. The molecule has 1 aromatic carbocycles. The van der Waals surface area contributed by atoms with Gasteiger partial charge in [-0.1, -0.05) is 45.0 Å². The zero-order valence-corrected chi connectivity index (χ0v) is 15.4. The molecule has 0 radical (unpaired) electrons. The van der Waals surface area contributed by atoms with E-state index in [1.165, 1.54) is 5.56 Å². The zero-order valence-electron chi connectivity index (χ0n) is 15.4.